The molecule has 92 valence electrons. The summed E-state index contributed by atoms with van der Waals surface area (Å²) >= 11 is 0. The van der Waals surface area contributed by atoms with Gasteiger partial charge in [0.25, 0.3) is 0 Å². The number of benzene rings is 1. The Morgan fingerprint density at radius 1 is 1.12 bits per heavy atom. The van der Waals surface area contributed by atoms with Gasteiger partial charge in [0.15, 0.2) is 0 Å². The highest BCUT2D eigenvalue weighted by Crippen LogP contribution is 2.31. The molecule has 0 radical (unpaired) electrons. The molecule has 0 nitrogen and oxygen atoms in total. The van der Waals surface area contributed by atoms with Crippen molar-refractivity contribution in [1.29, 1.82) is 0 Å². The molecule has 0 aliphatic carbocycles. The lowest BCUT2D eigenvalue weighted by molar-refractivity contribution is -0.137. The Balaban J connectivity index is 2.88. The highest BCUT2D eigenvalue weighted by molar-refractivity contribution is 5.76. The number of halogens is 3. The van der Waals surface area contributed by atoms with Crippen molar-refractivity contribution < 1.29 is 13.2 Å². The molecule has 0 aliphatic heterocycles. The van der Waals surface area contributed by atoms with Gasteiger partial charge in [0.1, 0.15) is 0 Å². The van der Waals surface area contributed by atoms with Crippen LogP contribution in [0, 0.1) is 0 Å². The van der Waals surface area contributed by atoms with E-state index in [0.717, 1.165) is 30.5 Å². The Morgan fingerprint density at radius 2 is 1.65 bits per heavy atom. The van der Waals surface area contributed by atoms with E-state index in [0.29, 0.717) is 11.1 Å². The summed E-state index contributed by atoms with van der Waals surface area (Å²) in [6.07, 6.45) is -2.54. The van der Waals surface area contributed by atoms with Crippen LogP contribution < -0.4 is 0 Å². The molecule has 0 saturated carbocycles. The van der Waals surface area contributed by atoms with Gasteiger partial charge >= 0.3 is 6.18 Å². The molecule has 0 heterocycles. The molecule has 0 aromatic heterocycles. The van der Waals surface area contributed by atoms with E-state index in [-0.39, 0.29) is 0 Å². The summed E-state index contributed by atoms with van der Waals surface area (Å²) in [5.74, 6) is 0. The van der Waals surface area contributed by atoms with Crippen molar-refractivity contribution in [2.75, 3.05) is 0 Å². The van der Waals surface area contributed by atoms with Crippen LogP contribution in [0.1, 0.15) is 30.9 Å². The van der Waals surface area contributed by atoms with Gasteiger partial charge in [0.05, 0.1) is 5.56 Å². The van der Waals surface area contributed by atoms with Crippen LogP contribution in [0.15, 0.2) is 43.0 Å². The van der Waals surface area contributed by atoms with Crippen LogP contribution in [0.4, 0.5) is 13.2 Å². The smallest absolute Gasteiger partial charge is 0.166 e. The predicted octanol–water partition coefficient (Wildman–Crippen LogP) is 5.07. The average molecular weight is 240 g/mol. The number of rotatable bonds is 4. The van der Waals surface area contributed by atoms with Crippen molar-refractivity contribution in [3.63, 3.8) is 0 Å². The summed E-state index contributed by atoms with van der Waals surface area (Å²) in [7, 11) is 0. The Bertz CT molecular complexity index is 410. The first kappa shape index (κ1) is 13.6. The average Bonchev–Trinajstić information content (AvgIpc) is 2.27. The third kappa shape index (κ3) is 3.48. The zero-order valence-corrected chi connectivity index (χ0v) is 9.77. The van der Waals surface area contributed by atoms with Crippen molar-refractivity contribution in [1.82, 2.24) is 0 Å². The zero-order chi connectivity index (χ0) is 13.1. The fraction of sp³-hybridized carbons (Fsp3) is 0.286. The van der Waals surface area contributed by atoms with Crippen LogP contribution in [0.3, 0.4) is 0 Å². The standard InChI is InChI=1S/C14H15F3/c1-4-5-10(2)11(3)12-6-8-13(9-7-12)14(15,16)17/h6-9H,2-5H2,1H3. The Morgan fingerprint density at radius 3 is 2.06 bits per heavy atom. The fourth-order valence-corrected chi connectivity index (χ4v) is 1.52. The monoisotopic (exact) mass is 240 g/mol. The maximum absolute atomic E-state index is 12.4. The lowest BCUT2D eigenvalue weighted by Gasteiger charge is -2.11. The SMILES string of the molecule is C=C(CCC)C(=C)c1ccc(C(F)(F)F)cc1. The minimum absolute atomic E-state index is 0.643. The molecule has 0 unspecified atom stereocenters. The first-order chi connectivity index (χ1) is 7.86. The maximum atomic E-state index is 12.4. The maximum Gasteiger partial charge on any atom is 0.416 e. The van der Waals surface area contributed by atoms with Gasteiger partial charge in [-0.1, -0.05) is 38.6 Å². The van der Waals surface area contributed by atoms with E-state index in [1.165, 1.54) is 12.1 Å². The molecule has 0 spiro atoms. The number of hydrogen-bond donors (Lipinski definition) is 0. The van der Waals surface area contributed by atoms with Crippen molar-refractivity contribution in [2.24, 2.45) is 0 Å². The molecule has 1 rings (SSSR count). The van der Waals surface area contributed by atoms with Crippen LogP contribution in [-0.2, 0) is 6.18 Å². The molecule has 0 amide bonds. The number of hydrogen-bond acceptors (Lipinski definition) is 0. The molecule has 1 aromatic carbocycles. The molecule has 0 fully saturated rings. The highest BCUT2D eigenvalue weighted by Gasteiger charge is 2.29. The quantitative estimate of drug-likeness (QED) is 0.644. The van der Waals surface area contributed by atoms with Gasteiger partial charge in [-0.05, 0) is 35.3 Å². The van der Waals surface area contributed by atoms with Crippen LogP contribution in [-0.4, -0.2) is 0 Å². The number of alkyl halides is 3. The van der Waals surface area contributed by atoms with E-state index in [1.54, 1.807) is 0 Å². The molecule has 0 atom stereocenters. The van der Waals surface area contributed by atoms with Gasteiger partial charge in [-0.2, -0.15) is 13.2 Å². The molecule has 3 heteroatoms. The fourth-order valence-electron chi connectivity index (χ4n) is 1.52. The van der Waals surface area contributed by atoms with Gasteiger partial charge in [-0.3, -0.25) is 0 Å². The lowest BCUT2D eigenvalue weighted by Crippen LogP contribution is -2.04. The summed E-state index contributed by atoms with van der Waals surface area (Å²) in [6.45, 7) is 9.74. The molecular weight excluding hydrogens is 225 g/mol. The minimum atomic E-state index is -4.29. The molecule has 17 heavy (non-hydrogen) atoms. The van der Waals surface area contributed by atoms with Crippen LogP contribution in [0.5, 0.6) is 0 Å². The minimum Gasteiger partial charge on any atom is -0.166 e. The van der Waals surface area contributed by atoms with Crippen molar-refractivity contribution >= 4 is 5.57 Å². The molecule has 0 N–H and O–H groups in total. The van der Waals surface area contributed by atoms with Gasteiger partial charge in [0.2, 0.25) is 0 Å². The van der Waals surface area contributed by atoms with Crippen molar-refractivity contribution in [3.8, 4) is 0 Å². The second-order valence-electron chi connectivity index (χ2n) is 3.91. The summed E-state index contributed by atoms with van der Waals surface area (Å²) in [5.41, 5.74) is 1.62. The lowest BCUT2D eigenvalue weighted by atomic mass is 9.97. The van der Waals surface area contributed by atoms with Gasteiger partial charge < -0.3 is 0 Å². The molecular formula is C14H15F3. The van der Waals surface area contributed by atoms with Gasteiger partial charge in [-0.15, -0.1) is 0 Å². The highest BCUT2D eigenvalue weighted by atomic mass is 19.4. The van der Waals surface area contributed by atoms with Crippen LogP contribution in [0.25, 0.3) is 5.57 Å². The normalized spacial score (nSPS) is 11.3. The Kier molecular flexibility index (Phi) is 4.16. The molecule has 1 aromatic rings. The summed E-state index contributed by atoms with van der Waals surface area (Å²) in [4.78, 5) is 0. The second-order valence-corrected chi connectivity index (χ2v) is 3.91. The third-order valence-corrected chi connectivity index (χ3v) is 2.54. The van der Waals surface area contributed by atoms with E-state index in [1.807, 2.05) is 6.92 Å². The Labute approximate surface area is 99.5 Å². The van der Waals surface area contributed by atoms with E-state index >= 15 is 0 Å². The van der Waals surface area contributed by atoms with Crippen LogP contribution in [0.2, 0.25) is 0 Å². The number of allylic oxidation sites excluding steroid dienone is 2. The second kappa shape index (κ2) is 5.21. The van der Waals surface area contributed by atoms with E-state index in [9.17, 15) is 13.2 Å². The first-order valence-electron chi connectivity index (χ1n) is 5.41. The predicted molar refractivity (Wildman–Crippen MR) is 64.5 cm³/mol. The van der Waals surface area contributed by atoms with Crippen molar-refractivity contribution in [3.05, 3.63) is 54.1 Å². The largest absolute Gasteiger partial charge is 0.416 e. The van der Waals surface area contributed by atoms with E-state index < -0.39 is 11.7 Å². The first-order valence-corrected chi connectivity index (χ1v) is 5.41. The van der Waals surface area contributed by atoms with E-state index in [4.69, 9.17) is 0 Å². The summed E-state index contributed by atoms with van der Waals surface area (Å²) in [6, 6.07) is 5.01. The van der Waals surface area contributed by atoms with Crippen molar-refractivity contribution in [2.45, 2.75) is 25.9 Å². The van der Waals surface area contributed by atoms with Crippen LogP contribution >= 0.6 is 0 Å². The third-order valence-electron chi connectivity index (χ3n) is 2.54. The molecule has 0 saturated heterocycles. The zero-order valence-electron chi connectivity index (χ0n) is 9.77. The van der Waals surface area contributed by atoms with Gasteiger partial charge in [-0.25, -0.2) is 0 Å². The summed E-state index contributed by atoms with van der Waals surface area (Å²) in [5, 5.41) is 0. The summed E-state index contributed by atoms with van der Waals surface area (Å²) < 4.78 is 37.1. The Hall–Kier alpha value is -1.51. The topological polar surface area (TPSA) is 0 Å². The van der Waals surface area contributed by atoms with E-state index in [2.05, 4.69) is 13.2 Å². The molecule has 0 bridgehead atoms. The van der Waals surface area contributed by atoms with Gasteiger partial charge in [0, 0.05) is 0 Å². The molecule has 0 aliphatic rings.